The van der Waals surface area contributed by atoms with Crippen LogP contribution in [0.3, 0.4) is 0 Å². The molecular formula is C16H24ClN3O2. The molecular weight excluding hydrogens is 302 g/mol. The average molecular weight is 326 g/mol. The van der Waals surface area contributed by atoms with Crippen LogP contribution < -0.4 is 16.0 Å². The largest absolute Gasteiger partial charge is 0.354 e. The van der Waals surface area contributed by atoms with Crippen LogP contribution >= 0.6 is 12.4 Å². The van der Waals surface area contributed by atoms with Crippen molar-refractivity contribution in [1.29, 1.82) is 0 Å². The first kappa shape index (κ1) is 18.5. The van der Waals surface area contributed by atoms with E-state index < -0.39 is 0 Å². The third-order valence-corrected chi connectivity index (χ3v) is 3.62. The van der Waals surface area contributed by atoms with E-state index in [9.17, 15) is 9.59 Å². The van der Waals surface area contributed by atoms with Crippen molar-refractivity contribution in [2.75, 3.05) is 19.6 Å². The molecule has 5 nitrogen and oxygen atoms in total. The zero-order chi connectivity index (χ0) is 14.9. The highest BCUT2D eigenvalue weighted by Crippen LogP contribution is 2.07. The summed E-state index contributed by atoms with van der Waals surface area (Å²) in [6, 6.07) is 10.3. The van der Waals surface area contributed by atoms with Crippen LogP contribution in [-0.2, 0) is 16.0 Å². The molecule has 122 valence electrons. The molecule has 1 unspecified atom stereocenters. The second-order valence-electron chi connectivity index (χ2n) is 5.36. The summed E-state index contributed by atoms with van der Waals surface area (Å²) >= 11 is 0. The molecule has 22 heavy (non-hydrogen) atoms. The number of hydrogen-bond donors (Lipinski definition) is 3. The van der Waals surface area contributed by atoms with E-state index in [4.69, 9.17) is 0 Å². The Labute approximate surface area is 137 Å². The maximum atomic E-state index is 11.7. The lowest BCUT2D eigenvalue weighted by atomic mass is 10.1. The predicted octanol–water partition coefficient (Wildman–Crippen LogP) is 1.03. The highest BCUT2D eigenvalue weighted by atomic mass is 35.5. The third-order valence-electron chi connectivity index (χ3n) is 3.62. The number of benzene rings is 1. The molecule has 0 spiro atoms. The van der Waals surface area contributed by atoms with E-state index in [-0.39, 0.29) is 36.8 Å². The SMILES string of the molecule is Cl.O=C(CNC(=O)CC1CCCN1)NCCc1ccccc1. The van der Waals surface area contributed by atoms with Gasteiger partial charge in [0.1, 0.15) is 0 Å². The monoisotopic (exact) mass is 325 g/mol. The fourth-order valence-electron chi connectivity index (χ4n) is 2.46. The Balaban J connectivity index is 0.00000242. The molecule has 0 radical (unpaired) electrons. The summed E-state index contributed by atoms with van der Waals surface area (Å²) in [5, 5.41) is 8.74. The Kier molecular flexibility index (Phi) is 8.55. The summed E-state index contributed by atoms with van der Waals surface area (Å²) in [6.07, 6.45) is 3.42. The number of hydrogen-bond acceptors (Lipinski definition) is 3. The first-order valence-corrected chi connectivity index (χ1v) is 7.55. The Morgan fingerprint density at radius 1 is 1.14 bits per heavy atom. The van der Waals surface area contributed by atoms with Crippen molar-refractivity contribution >= 4 is 24.2 Å². The Morgan fingerprint density at radius 2 is 1.91 bits per heavy atom. The van der Waals surface area contributed by atoms with Gasteiger partial charge >= 0.3 is 0 Å². The smallest absolute Gasteiger partial charge is 0.239 e. The first-order chi connectivity index (χ1) is 10.2. The molecule has 1 aliphatic heterocycles. The number of carbonyl (C=O) groups excluding carboxylic acids is 2. The lowest BCUT2D eigenvalue weighted by molar-refractivity contribution is -0.126. The van der Waals surface area contributed by atoms with Gasteiger partial charge in [-0.1, -0.05) is 30.3 Å². The molecule has 3 N–H and O–H groups in total. The fourth-order valence-corrected chi connectivity index (χ4v) is 2.46. The number of nitrogens with one attached hydrogen (secondary N) is 3. The number of carbonyl (C=O) groups is 2. The van der Waals surface area contributed by atoms with E-state index in [0.29, 0.717) is 13.0 Å². The van der Waals surface area contributed by atoms with Gasteiger partial charge in [-0.05, 0) is 31.4 Å². The first-order valence-electron chi connectivity index (χ1n) is 7.55. The van der Waals surface area contributed by atoms with E-state index in [2.05, 4.69) is 16.0 Å². The van der Waals surface area contributed by atoms with Gasteiger partial charge < -0.3 is 16.0 Å². The second-order valence-corrected chi connectivity index (χ2v) is 5.36. The standard InChI is InChI=1S/C16H23N3O2.ClH/c20-15(11-14-7-4-9-17-14)19-12-16(21)18-10-8-13-5-2-1-3-6-13;/h1-3,5-6,14,17H,4,7-12H2,(H,18,21)(H,19,20);1H. The molecule has 1 atom stereocenters. The van der Waals surface area contributed by atoms with Crippen molar-refractivity contribution in [1.82, 2.24) is 16.0 Å². The number of halogens is 1. The van der Waals surface area contributed by atoms with Crippen LogP contribution in [0.4, 0.5) is 0 Å². The third kappa shape index (κ3) is 6.91. The zero-order valence-corrected chi connectivity index (χ0v) is 13.5. The highest BCUT2D eigenvalue weighted by molar-refractivity contribution is 5.85. The van der Waals surface area contributed by atoms with E-state index >= 15 is 0 Å². The molecule has 1 fully saturated rings. The van der Waals surface area contributed by atoms with E-state index in [1.807, 2.05) is 30.3 Å². The molecule has 1 aliphatic rings. The van der Waals surface area contributed by atoms with Gasteiger partial charge in [-0.15, -0.1) is 12.4 Å². The molecule has 1 saturated heterocycles. The quantitative estimate of drug-likeness (QED) is 0.701. The van der Waals surface area contributed by atoms with E-state index in [1.165, 1.54) is 5.56 Å². The summed E-state index contributed by atoms with van der Waals surface area (Å²) in [5.41, 5.74) is 1.19. The van der Waals surface area contributed by atoms with Gasteiger partial charge in [-0.3, -0.25) is 9.59 Å². The van der Waals surface area contributed by atoms with Crippen molar-refractivity contribution in [2.45, 2.75) is 31.7 Å². The van der Waals surface area contributed by atoms with Gasteiger partial charge in [0.05, 0.1) is 6.54 Å². The van der Waals surface area contributed by atoms with Gasteiger partial charge in [0.2, 0.25) is 11.8 Å². The molecule has 1 aromatic rings. The van der Waals surface area contributed by atoms with Gasteiger partial charge in [-0.25, -0.2) is 0 Å². The lowest BCUT2D eigenvalue weighted by Crippen LogP contribution is -2.39. The van der Waals surface area contributed by atoms with Crippen LogP contribution in [0, 0.1) is 0 Å². The lowest BCUT2D eigenvalue weighted by Gasteiger charge is -2.10. The van der Waals surface area contributed by atoms with Gasteiger partial charge in [0, 0.05) is 19.0 Å². The summed E-state index contributed by atoms with van der Waals surface area (Å²) in [6.45, 7) is 1.63. The molecule has 0 bridgehead atoms. The van der Waals surface area contributed by atoms with Crippen molar-refractivity contribution in [3.8, 4) is 0 Å². The molecule has 2 amide bonds. The van der Waals surface area contributed by atoms with Crippen molar-refractivity contribution in [3.63, 3.8) is 0 Å². The summed E-state index contributed by atoms with van der Waals surface area (Å²) in [4.78, 5) is 23.3. The maximum absolute atomic E-state index is 11.7. The molecule has 1 heterocycles. The minimum Gasteiger partial charge on any atom is -0.354 e. The van der Waals surface area contributed by atoms with Crippen molar-refractivity contribution in [3.05, 3.63) is 35.9 Å². The van der Waals surface area contributed by atoms with Gasteiger partial charge in [0.25, 0.3) is 0 Å². The topological polar surface area (TPSA) is 70.2 Å². The van der Waals surface area contributed by atoms with Crippen LogP contribution in [0.15, 0.2) is 30.3 Å². The summed E-state index contributed by atoms with van der Waals surface area (Å²) < 4.78 is 0. The van der Waals surface area contributed by atoms with Crippen molar-refractivity contribution < 1.29 is 9.59 Å². The molecule has 0 aromatic heterocycles. The normalized spacial score (nSPS) is 16.6. The van der Waals surface area contributed by atoms with Crippen LogP contribution in [-0.4, -0.2) is 37.5 Å². The van der Waals surface area contributed by atoms with Crippen LogP contribution in [0.1, 0.15) is 24.8 Å². The van der Waals surface area contributed by atoms with Crippen molar-refractivity contribution in [2.24, 2.45) is 0 Å². The minimum absolute atomic E-state index is 0. The molecule has 0 saturated carbocycles. The Bertz CT molecular complexity index is 462. The summed E-state index contributed by atoms with van der Waals surface area (Å²) in [7, 11) is 0. The molecule has 0 aliphatic carbocycles. The van der Waals surface area contributed by atoms with Crippen LogP contribution in [0.2, 0.25) is 0 Å². The zero-order valence-electron chi connectivity index (χ0n) is 12.6. The van der Waals surface area contributed by atoms with Crippen LogP contribution in [0.5, 0.6) is 0 Å². The predicted molar refractivity (Wildman–Crippen MR) is 89.1 cm³/mol. The number of amides is 2. The minimum atomic E-state index is -0.140. The van der Waals surface area contributed by atoms with Crippen LogP contribution in [0.25, 0.3) is 0 Å². The fraction of sp³-hybridized carbons (Fsp3) is 0.500. The molecule has 6 heteroatoms. The average Bonchev–Trinajstić information content (AvgIpc) is 2.99. The van der Waals surface area contributed by atoms with E-state index in [1.54, 1.807) is 0 Å². The Hall–Kier alpha value is -1.59. The molecule has 2 rings (SSSR count). The van der Waals surface area contributed by atoms with E-state index in [0.717, 1.165) is 25.8 Å². The van der Waals surface area contributed by atoms with Gasteiger partial charge in [-0.2, -0.15) is 0 Å². The Morgan fingerprint density at radius 3 is 2.59 bits per heavy atom. The number of rotatable bonds is 7. The highest BCUT2D eigenvalue weighted by Gasteiger charge is 2.17. The second kappa shape index (κ2) is 10.2. The maximum Gasteiger partial charge on any atom is 0.239 e. The summed E-state index contributed by atoms with van der Waals surface area (Å²) in [5.74, 6) is -0.203. The van der Waals surface area contributed by atoms with Gasteiger partial charge in [0.15, 0.2) is 0 Å². The molecule has 1 aromatic carbocycles.